The molecule has 13 aromatic carbocycles. The molecule has 3 aromatic heterocycles. The lowest BCUT2D eigenvalue weighted by Gasteiger charge is -2.22. The van der Waals surface area contributed by atoms with Crippen molar-refractivity contribution in [3.63, 3.8) is 0 Å². The molecule has 0 fully saturated rings. The second kappa shape index (κ2) is 17.8. The van der Waals surface area contributed by atoms with Gasteiger partial charge < -0.3 is 14.2 Å². The Labute approximate surface area is 526 Å². The third-order valence-electron chi connectivity index (χ3n) is 21.8. The molecule has 6 aliphatic rings. The number of ether oxygens (including phenoxy) is 3. The molecule has 0 saturated carbocycles. The molecule has 6 heteroatoms. The normalized spacial score (nSPS) is 15.5. The quantitative estimate of drug-likeness (QED) is 0.0863. The second-order valence-electron chi connectivity index (χ2n) is 27.7. The monoisotopic (exact) mass is 1170 g/mol. The highest BCUT2D eigenvalue weighted by Gasteiger charge is 2.50. The summed E-state index contributed by atoms with van der Waals surface area (Å²) < 4.78 is 26.2. The van der Waals surface area contributed by atoms with Gasteiger partial charge >= 0.3 is 0 Å². The van der Waals surface area contributed by atoms with Gasteiger partial charge in [-0.15, -0.1) is 0 Å². The van der Waals surface area contributed by atoms with Gasteiger partial charge in [-0.2, -0.15) is 13.7 Å². The Balaban J connectivity index is 0.0000000961. The SMILES string of the molecule is CC1(C)c2cc3c(ccc4ccccc43)c3c2-c2c1ccc[n+]2CO3.CC1(C)c2cc3cc4ccccc4cc3c3c2-c2c1c1c(ccc4ccccc41)c[n+]2CO3.CC1(C)c2cc3cc4ccccc4cc3c3c2-c2c1c1ccc4ccccc4c1c[n+]2CO3. The minimum atomic E-state index is -0.127. The highest BCUT2D eigenvalue weighted by molar-refractivity contribution is 6.16. The maximum Gasteiger partial charge on any atom is 0.292 e. The van der Waals surface area contributed by atoms with Crippen LogP contribution in [0.5, 0.6) is 17.2 Å². The van der Waals surface area contributed by atoms with Crippen LogP contribution in [0.15, 0.2) is 231 Å². The van der Waals surface area contributed by atoms with E-state index < -0.39 is 0 Å². The Morgan fingerprint density at radius 2 is 0.714 bits per heavy atom. The van der Waals surface area contributed by atoms with Crippen LogP contribution in [0.4, 0.5) is 0 Å². The van der Waals surface area contributed by atoms with E-state index >= 15 is 0 Å². The number of fused-ring (bicyclic) bond motifs is 18. The van der Waals surface area contributed by atoms with Crippen LogP contribution in [0.25, 0.3) is 141 Å². The van der Waals surface area contributed by atoms with Gasteiger partial charge in [0.15, 0.2) is 18.6 Å². The molecule has 6 nitrogen and oxygen atoms in total. The van der Waals surface area contributed by atoms with E-state index in [1.807, 2.05) is 0 Å². The molecule has 0 atom stereocenters. The van der Waals surface area contributed by atoms with Gasteiger partial charge in [0.25, 0.3) is 20.2 Å². The van der Waals surface area contributed by atoms with Crippen LogP contribution < -0.4 is 27.9 Å². The lowest BCUT2D eigenvalue weighted by molar-refractivity contribution is -0.717. The third kappa shape index (κ3) is 6.79. The van der Waals surface area contributed by atoms with Crippen LogP contribution in [0.1, 0.15) is 74.9 Å². The van der Waals surface area contributed by atoms with Gasteiger partial charge in [-0.3, -0.25) is 0 Å². The maximum atomic E-state index is 6.54. The zero-order valence-corrected chi connectivity index (χ0v) is 51.6. The molecule has 0 spiro atoms. The zero-order chi connectivity index (χ0) is 60.6. The first kappa shape index (κ1) is 51.2. The van der Waals surface area contributed by atoms with Crippen LogP contribution in [-0.4, -0.2) is 0 Å². The molecule has 0 saturated heterocycles. The summed E-state index contributed by atoms with van der Waals surface area (Å²) in [5.74, 6) is 3.14. The number of pyridine rings is 3. The van der Waals surface area contributed by atoms with E-state index in [0.717, 1.165) is 17.2 Å². The summed E-state index contributed by atoms with van der Waals surface area (Å²) in [7, 11) is 0. The molecule has 3 aliphatic heterocycles. The molecular formula is C85H62N3O3+3. The molecule has 0 unspecified atom stereocenters. The van der Waals surface area contributed by atoms with Gasteiger partial charge in [0.05, 0.1) is 22.1 Å². The first-order valence-electron chi connectivity index (χ1n) is 32.1. The van der Waals surface area contributed by atoms with Crippen molar-refractivity contribution in [1.82, 2.24) is 0 Å². The summed E-state index contributed by atoms with van der Waals surface area (Å²) in [5.41, 5.74) is 15.9. The number of hydrogen-bond donors (Lipinski definition) is 0. The van der Waals surface area contributed by atoms with E-state index in [1.165, 1.54) is 175 Å². The Bertz CT molecular complexity index is 6070. The average molecular weight is 1170 g/mol. The van der Waals surface area contributed by atoms with E-state index in [2.05, 4.69) is 286 Å². The van der Waals surface area contributed by atoms with Crippen LogP contribution in [-0.2, 0) is 36.4 Å². The van der Waals surface area contributed by atoms with Crippen molar-refractivity contribution < 1.29 is 27.9 Å². The van der Waals surface area contributed by atoms with Crippen molar-refractivity contribution in [2.75, 3.05) is 0 Å². The lowest BCUT2D eigenvalue weighted by Crippen LogP contribution is -2.42. The standard InChI is InChI=1S/2C31H22NO.C23H18NO/c1-31(2)26-15-21-13-19-8-3-4-9-20(19)14-24(21)30-27(26)29-28(31)23-12-11-18-7-5-6-10-22(18)25(23)16-32(29)17-33-30;1-31(2)25-15-22-13-19-8-3-4-9-20(19)14-24(22)30-27(25)29-28(31)26-21(16-32(29)17-33-30)12-11-18-7-5-6-10-23(18)26;1-23(2)18-8-5-11-24-13-25-22-16-10-9-14-6-3-4-7-15(14)17(16)12-19(23)20(22)21(18)24/h2*3-16H,17H2,1-2H3;3-12H,13H2,1-2H3/q3*+1. The Morgan fingerprint density at radius 1 is 0.275 bits per heavy atom. The smallest absolute Gasteiger partial charge is 0.292 e. The molecule has 0 amide bonds. The van der Waals surface area contributed by atoms with Crippen molar-refractivity contribution in [2.24, 2.45) is 0 Å². The summed E-state index contributed by atoms with van der Waals surface area (Å²) in [5, 5.41) is 25.6. The largest absolute Gasteiger partial charge is 0.434 e. The third-order valence-corrected chi connectivity index (χ3v) is 21.8. The average Bonchev–Trinajstić information content (AvgIpc) is 1.55. The van der Waals surface area contributed by atoms with Crippen LogP contribution in [0.3, 0.4) is 0 Å². The fraction of sp³-hybridized carbons (Fsp3) is 0.141. The molecule has 3 aliphatic carbocycles. The van der Waals surface area contributed by atoms with Crippen molar-refractivity contribution in [1.29, 1.82) is 0 Å². The number of rotatable bonds is 0. The predicted molar refractivity (Wildman–Crippen MR) is 370 cm³/mol. The summed E-state index contributed by atoms with van der Waals surface area (Å²) in [6.07, 6.45) is 6.70. The molecule has 6 heterocycles. The fourth-order valence-corrected chi connectivity index (χ4v) is 17.4. The van der Waals surface area contributed by atoms with Crippen LogP contribution in [0.2, 0.25) is 0 Å². The van der Waals surface area contributed by atoms with E-state index in [0.29, 0.717) is 20.2 Å². The first-order chi connectivity index (χ1) is 44.4. The maximum absolute atomic E-state index is 6.54. The second-order valence-corrected chi connectivity index (χ2v) is 27.7. The zero-order valence-electron chi connectivity index (χ0n) is 51.6. The van der Waals surface area contributed by atoms with Gasteiger partial charge in [-0.25, -0.2) is 0 Å². The Morgan fingerprint density at radius 3 is 1.33 bits per heavy atom. The molecule has 0 N–H and O–H groups in total. The highest BCUT2D eigenvalue weighted by Crippen LogP contribution is 2.60. The molecule has 0 radical (unpaired) electrons. The first-order valence-corrected chi connectivity index (χ1v) is 32.1. The van der Waals surface area contributed by atoms with Gasteiger partial charge in [0, 0.05) is 65.9 Å². The van der Waals surface area contributed by atoms with Crippen molar-refractivity contribution in [2.45, 2.75) is 78.0 Å². The van der Waals surface area contributed by atoms with E-state index in [9.17, 15) is 0 Å². The topological polar surface area (TPSA) is 39.3 Å². The van der Waals surface area contributed by atoms with Gasteiger partial charge in [-0.05, 0) is 153 Å². The van der Waals surface area contributed by atoms with Crippen LogP contribution >= 0.6 is 0 Å². The minimum absolute atomic E-state index is 0.0126. The number of aromatic nitrogens is 3. The summed E-state index contributed by atoms with van der Waals surface area (Å²) >= 11 is 0. The summed E-state index contributed by atoms with van der Waals surface area (Å²) in [6, 6.07) is 77.7. The molecule has 22 rings (SSSR count). The van der Waals surface area contributed by atoms with E-state index in [-0.39, 0.29) is 16.2 Å². The summed E-state index contributed by atoms with van der Waals surface area (Å²) in [4.78, 5) is 0. The Hall–Kier alpha value is -10.7. The number of benzene rings is 13. The lowest BCUT2D eigenvalue weighted by atomic mass is 9.79. The minimum Gasteiger partial charge on any atom is -0.434 e. The van der Waals surface area contributed by atoms with Crippen molar-refractivity contribution in [3.05, 3.63) is 264 Å². The van der Waals surface area contributed by atoms with Gasteiger partial charge in [0.2, 0.25) is 17.1 Å². The highest BCUT2D eigenvalue weighted by atomic mass is 16.5. The summed E-state index contributed by atoms with van der Waals surface area (Å²) in [6.45, 7) is 15.8. The molecule has 432 valence electrons. The number of hydrogen-bond acceptors (Lipinski definition) is 3. The number of nitrogens with zero attached hydrogens (tertiary/aromatic N) is 3. The molecule has 91 heavy (non-hydrogen) atoms. The van der Waals surface area contributed by atoms with Gasteiger partial charge in [0.1, 0.15) is 17.2 Å². The van der Waals surface area contributed by atoms with E-state index in [4.69, 9.17) is 14.2 Å². The van der Waals surface area contributed by atoms with E-state index in [1.54, 1.807) is 0 Å². The molecular weight excluding hydrogens is 1110 g/mol. The van der Waals surface area contributed by atoms with Crippen molar-refractivity contribution in [3.8, 4) is 51.0 Å². The van der Waals surface area contributed by atoms with Crippen LogP contribution in [0, 0.1) is 0 Å². The Kier molecular flexibility index (Phi) is 10.0. The predicted octanol–water partition coefficient (Wildman–Crippen LogP) is 19.4. The molecule has 0 bridgehead atoms. The molecule has 16 aromatic rings. The van der Waals surface area contributed by atoms with Gasteiger partial charge in [-0.1, -0.05) is 187 Å². The fourth-order valence-electron chi connectivity index (χ4n) is 17.4. The van der Waals surface area contributed by atoms with Crippen molar-refractivity contribution >= 4 is 108 Å².